The number of hydrogen-bond donors (Lipinski definition) is 0. The molecule has 0 saturated carbocycles. The van der Waals surface area contributed by atoms with Crippen molar-refractivity contribution in [3.05, 3.63) is 33.5 Å². The minimum atomic E-state index is -0.353. The molecule has 0 radical (unpaired) electrons. The number of rotatable bonds is 3. The van der Waals surface area contributed by atoms with Crippen molar-refractivity contribution in [2.75, 3.05) is 6.61 Å². The molecule has 0 unspecified atom stereocenters. The maximum absolute atomic E-state index is 13.3. The van der Waals surface area contributed by atoms with Gasteiger partial charge in [-0.25, -0.2) is 4.39 Å². The SMILES string of the molecule is CCOC(=O)Cc1cc(C)c(Br)c(F)c1. The van der Waals surface area contributed by atoms with Crippen molar-refractivity contribution in [3.63, 3.8) is 0 Å². The fraction of sp³-hybridized carbons (Fsp3) is 0.364. The fourth-order valence-corrected chi connectivity index (χ4v) is 1.51. The Hall–Kier alpha value is -0.900. The standard InChI is InChI=1S/C11H12BrFO2/c1-3-15-10(14)6-8-4-7(2)11(12)9(13)5-8/h4-5H,3,6H2,1-2H3. The third-order valence-electron chi connectivity index (χ3n) is 1.92. The summed E-state index contributed by atoms with van der Waals surface area (Å²) in [5, 5.41) is 0. The third-order valence-corrected chi connectivity index (χ3v) is 2.93. The second kappa shape index (κ2) is 5.26. The van der Waals surface area contributed by atoms with Crippen LogP contribution < -0.4 is 0 Å². The molecule has 0 aromatic heterocycles. The lowest BCUT2D eigenvalue weighted by molar-refractivity contribution is -0.142. The van der Waals surface area contributed by atoms with Gasteiger partial charge in [0.25, 0.3) is 0 Å². The summed E-state index contributed by atoms with van der Waals surface area (Å²) >= 11 is 3.12. The Balaban J connectivity index is 2.83. The Morgan fingerprint density at radius 1 is 1.53 bits per heavy atom. The molecule has 15 heavy (non-hydrogen) atoms. The van der Waals surface area contributed by atoms with E-state index >= 15 is 0 Å². The molecule has 0 heterocycles. The molecule has 0 fully saturated rings. The van der Waals surface area contributed by atoms with Crippen molar-refractivity contribution in [2.24, 2.45) is 0 Å². The predicted octanol–water partition coefficient (Wildman–Crippen LogP) is 3.00. The van der Waals surface area contributed by atoms with Gasteiger partial charge in [0.2, 0.25) is 0 Å². The van der Waals surface area contributed by atoms with E-state index in [0.717, 1.165) is 5.56 Å². The summed E-state index contributed by atoms with van der Waals surface area (Å²) in [6, 6.07) is 3.11. The van der Waals surface area contributed by atoms with Gasteiger partial charge in [0.15, 0.2) is 0 Å². The van der Waals surface area contributed by atoms with Crippen molar-refractivity contribution in [1.29, 1.82) is 0 Å². The first-order valence-corrected chi connectivity index (χ1v) is 5.44. The van der Waals surface area contributed by atoms with Gasteiger partial charge in [0, 0.05) is 0 Å². The van der Waals surface area contributed by atoms with Crippen molar-refractivity contribution in [2.45, 2.75) is 20.3 Å². The van der Waals surface area contributed by atoms with Crippen LogP contribution in [0.4, 0.5) is 4.39 Å². The van der Waals surface area contributed by atoms with Crippen LogP contribution in [0, 0.1) is 12.7 Å². The van der Waals surface area contributed by atoms with Gasteiger partial charge in [0.1, 0.15) is 5.82 Å². The Kier molecular flexibility index (Phi) is 4.27. The highest BCUT2D eigenvalue weighted by Gasteiger charge is 2.09. The topological polar surface area (TPSA) is 26.3 Å². The average Bonchev–Trinajstić information content (AvgIpc) is 2.14. The molecule has 0 aliphatic heterocycles. The first-order valence-electron chi connectivity index (χ1n) is 4.64. The number of carbonyl (C=O) groups excluding carboxylic acids is 1. The molecule has 1 rings (SSSR count). The van der Waals surface area contributed by atoms with E-state index in [1.165, 1.54) is 6.07 Å². The Morgan fingerprint density at radius 2 is 2.20 bits per heavy atom. The molecule has 0 atom stereocenters. The molecule has 0 aliphatic carbocycles. The zero-order chi connectivity index (χ0) is 11.4. The zero-order valence-electron chi connectivity index (χ0n) is 8.64. The quantitative estimate of drug-likeness (QED) is 0.793. The van der Waals surface area contributed by atoms with Crippen molar-refractivity contribution in [1.82, 2.24) is 0 Å². The van der Waals surface area contributed by atoms with E-state index in [0.29, 0.717) is 16.6 Å². The highest BCUT2D eigenvalue weighted by molar-refractivity contribution is 9.10. The molecule has 0 bridgehead atoms. The van der Waals surface area contributed by atoms with Crippen molar-refractivity contribution < 1.29 is 13.9 Å². The van der Waals surface area contributed by atoms with Crippen molar-refractivity contribution in [3.8, 4) is 0 Å². The maximum Gasteiger partial charge on any atom is 0.310 e. The molecule has 0 N–H and O–H groups in total. The van der Waals surface area contributed by atoms with Crippen LogP contribution in [0.2, 0.25) is 0 Å². The summed E-state index contributed by atoms with van der Waals surface area (Å²) in [6.45, 7) is 3.87. The van der Waals surface area contributed by atoms with Crippen LogP contribution >= 0.6 is 15.9 Å². The number of esters is 1. The van der Waals surface area contributed by atoms with Gasteiger partial charge < -0.3 is 4.74 Å². The monoisotopic (exact) mass is 274 g/mol. The number of carbonyl (C=O) groups is 1. The summed E-state index contributed by atoms with van der Waals surface area (Å²) in [5.74, 6) is -0.687. The third kappa shape index (κ3) is 3.30. The molecule has 0 spiro atoms. The molecule has 2 nitrogen and oxygen atoms in total. The highest BCUT2D eigenvalue weighted by atomic mass is 79.9. The van der Waals surface area contributed by atoms with Crippen LogP contribution in [0.1, 0.15) is 18.1 Å². The molecule has 82 valence electrons. The summed E-state index contributed by atoms with van der Waals surface area (Å²) in [6.07, 6.45) is 0.110. The van der Waals surface area contributed by atoms with Crippen LogP contribution in [0.5, 0.6) is 0 Å². The lowest BCUT2D eigenvalue weighted by Gasteiger charge is -2.05. The second-order valence-electron chi connectivity index (χ2n) is 3.19. The number of aryl methyl sites for hydroxylation is 1. The molecule has 0 amide bonds. The van der Waals surface area contributed by atoms with Gasteiger partial charge in [-0.05, 0) is 47.0 Å². The Morgan fingerprint density at radius 3 is 2.73 bits per heavy atom. The first-order chi connectivity index (χ1) is 7.04. The molecular formula is C11H12BrFO2. The number of ether oxygens (including phenoxy) is 1. The van der Waals surface area contributed by atoms with Gasteiger partial charge >= 0.3 is 5.97 Å². The highest BCUT2D eigenvalue weighted by Crippen LogP contribution is 2.22. The molecule has 0 saturated heterocycles. The zero-order valence-corrected chi connectivity index (χ0v) is 10.2. The normalized spacial score (nSPS) is 10.1. The summed E-state index contributed by atoms with van der Waals surface area (Å²) in [5.41, 5.74) is 1.40. The van der Waals surface area contributed by atoms with Crippen LogP contribution in [0.15, 0.2) is 16.6 Å². The lowest BCUT2D eigenvalue weighted by atomic mass is 10.1. The smallest absolute Gasteiger partial charge is 0.310 e. The van der Waals surface area contributed by atoms with Gasteiger partial charge in [0.05, 0.1) is 17.5 Å². The molecule has 4 heteroatoms. The molecule has 1 aromatic rings. The van der Waals surface area contributed by atoms with E-state index < -0.39 is 0 Å². The van der Waals surface area contributed by atoms with E-state index in [1.807, 2.05) is 0 Å². The summed E-state index contributed by atoms with van der Waals surface area (Å²) < 4.78 is 18.5. The van der Waals surface area contributed by atoms with Gasteiger partial charge in [-0.3, -0.25) is 4.79 Å². The van der Waals surface area contributed by atoms with E-state index in [9.17, 15) is 9.18 Å². The van der Waals surface area contributed by atoms with Gasteiger partial charge in [-0.15, -0.1) is 0 Å². The van der Waals surface area contributed by atoms with E-state index in [2.05, 4.69) is 15.9 Å². The summed E-state index contributed by atoms with van der Waals surface area (Å²) in [7, 11) is 0. The largest absolute Gasteiger partial charge is 0.466 e. The predicted molar refractivity (Wildman–Crippen MR) is 59.2 cm³/mol. The Bertz CT molecular complexity index is 354. The molecule has 1 aromatic carbocycles. The van der Waals surface area contributed by atoms with Crippen LogP contribution in [-0.4, -0.2) is 12.6 Å². The van der Waals surface area contributed by atoms with Crippen LogP contribution in [-0.2, 0) is 16.0 Å². The van der Waals surface area contributed by atoms with Crippen LogP contribution in [0.25, 0.3) is 0 Å². The van der Waals surface area contributed by atoms with Gasteiger partial charge in [-0.2, -0.15) is 0 Å². The number of hydrogen-bond acceptors (Lipinski definition) is 2. The first kappa shape index (κ1) is 12.2. The average molecular weight is 275 g/mol. The van der Waals surface area contributed by atoms with E-state index in [4.69, 9.17) is 4.74 Å². The Labute approximate surface area is 96.6 Å². The van der Waals surface area contributed by atoms with Crippen molar-refractivity contribution >= 4 is 21.9 Å². The maximum atomic E-state index is 13.3. The summed E-state index contributed by atoms with van der Waals surface area (Å²) in [4.78, 5) is 11.2. The van der Waals surface area contributed by atoms with E-state index in [1.54, 1.807) is 19.9 Å². The second-order valence-corrected chi connectivity index (χ2v) is 3.98. The minimum Gasteiger partial charge on any atom is -0.466 e. The fourth-order valence-electron chi connectivity index (χ4n) is 1.28. The minimum absolute atomic E-state index is 0.110. The molecular weight excluding hydrogens is 263 g/mol. The number of halogens is 2. The molecule has 0 aliphatic rings. The lowest BCUT2D eigenvalue weighted by Crippen LogP contribution is -2.08. The number of benzene rings is 1. The van der Waals surface area contributed by atoms with Crippen LogP contribution in [0.3, 0.4) is 0 Å². The van der Waals surface area contributed by atoms with Gasteiger partial charge in [-0.1, -0.05) is 6.07 Å². The van der Waals surface area contributed by atoms with E-state index in [-0.39, 0.29) is 18.2 Å².